The number of nitrogens with zero attached hydrogens (tertiary/aromatic N) is 4. The zero-order chi connectivity index (χ0) is 27.2. The number of hydrogen-bond acceptors (Lipinski definition) is 5. The molecule has 3 aromatic carbocycles. The lowest BCUT2D eigenvalue weighted by molar-refractivity contribution is -0.124. The maximum Gasteiger partial charge on any atom is 0.245 e. The molecular formula is C32H35N7O. The van der Waals surface area contributed by atoms with Gasteiger partial charge in [0, 0.05) is 36.6 Å². The van der Waals surface area contributed by atoms with Crippen molar-refractivity contribution in [2.24, 2.45) is 0 Å². The van der Waals surface area contributed by atoms with Crippen molar-refractivity contribution in [3.05, 3.63) is 114 Å². The molecule has 0 aliphatic heterocycles. The lowest BCUT2D eigenvalue weighted by Gasteiger charge is -2.31. The van der Waals surface area contributed by atoms with E-state index in [9.17, 15) is 4.79 Å². The summed E-state index contributed by atoms with van der Waals surface area (Å²) in [6, 6.07) is 28.2. The second-order valence-corrected chi connectivity index (χ2v) is 10.7. The van der Waals surface area contributed by atoms with Crippen molar-refractivity contribution >= 4 is 16.8 Å². The number of tetrazole rings is 1. The second kappa shape index (κ2) is 11.8. The van der Waals surface area contributed by atoms with Crippen LogP contribution in [-0.2, 0) is 29.7 Å². The van der Waals surface area contributed by atoms with Gasteiger partial charge in [-0.2, -0.15) is 0 Å². The van der Waals surface area contributed by atoms with Crippen molar-refractivity contribution in [3.63, 3.8) is 0 Å². The fourth-order valence-electron chi connectivity index (χ4n) is 5.94. The predicted octanol–water partition coefficient (Wildman–Crippen LogP) is 4.86. The average Bonchev–Trinajstić information content (AvgIpc) is 3.77. The number of amides is 1. The highest BCUT2D eigenvalue weighted by Gasteiger charge is 2.42. The van der Waals surface area contributed by atoms with E-state index in [4.69, 9.17) is 0 Å². The van der Waals surface area contributed by atoms with Crippen LogP contribution in [0.1, 0.15) is 54.2 Å². The minimum atomic E-state index is -0.587. The van der Waals surface area contributed by atoms with Gasteiger partial charge in [0.1, 0.15) is 6.04 Å². The van der Waals surface area contributed by atoms with Gasteiger partial charge in [0.15, 0.2) is 5.82 Å². The number of nitrogens with one attached hydrogen (secondary N) is 3. The molecule has 40 heavy (non-hydrogen) atoms. The van der Waals surface area contributed by atoms with Gasteiger partial charge in [-0.15, -0.1) is 5.10 Å². The van der Waals surface area contributed by atoms with E-state index in [0.717, 1.165) is 54.4 Å². The molecule has 1 aliphatic rings. The Morgan fingerprint density at radius 3 is 2.40 bits per heavy atom. The molecule has 1 fully saturated rings. The number of aromatic nitrogens is 5. The largest absolute Gasteiger partial charge is 0.361 e. The summed E-state index contributed by atoms with van der Waals surface area (Å²) in [5.74, 6) is 0.662. The van der Waals surface area contributed by atoms with Gasteiger partial charge in [-0.1, -0.05) is 91.7 Å². The van der Waals surface area contributed by atoms with Crippen LogP contribution in [0.2, 0.25) is 0 Å². The summed E-state index contributed by atoms with van der Waals surface area (Å²) < 4.78 is 1.78. The molecule has 6 rings (SSSR count). The van der Waals surface area contributed by atoms with Gasteiger partial charge in [0.05, 0.1) is 5.54 Å². The first-order valence-corrected chi connectivity index (χ1v) is 14.2. The van der Waals surface area contributed by atoms with Crippen molar-refractivity contribution in [1.29, 1.82) is 0 Å². The molecule has 204 valence electrons. The van der Waals surface area contributed by atoms with Crippen LogP contribution in [-0.4, -0.2) is 37.6 Å². The minimum absolute atomic E-state index is 0.0778. The number of rotatable bonds is 11. The predicted molar refractivity (Wildman–Crippen MR) is 155 cm³/mol. The van der Waals surface area contributed by atoms with Gasteiger partial charge in [0.25, 0.3) is 0 Å². The molecule has 0 unspecified atom stereocenters. The van der Waals surface area contributed by atoms with Crippen LogP contribution in [0.4, 0.5) is 0 Å². The highest BCUT2D eigenvalue weighted by molar-refractivity contribution is 5.85. The van der Waals surface area contributed by atoms with Crippen LogP contribution in [0.3, 0.4) is 0 Å². The van der Waals surface area contributed by atoms with Gasteiger partial charge in [-0.3, -0.25) is 4.79 Å². The van der Waals surface area contributed by atoms with E-state index in [1.165, 1.54) is 11.1 Å². The van der Waals surface area contributed by atoms with Crippen molar-refractivity contribution < 1.29 is 4.79 Å². The molecule has 5 aromatic rings. The number of benzene rings is 3. The maximum atomic E-state index is 13.9. The lowest BCUT2D eigenvalue weighted by atomic mass is 9.94. The monoisotopic (exact) mass is 533 g/mol. The Balaban J connectivity index is 1.30. The van der Waals surface area contributed by atoms with Crippen LogP contribution in [0.5, 0.6) is 0 Å². The zero-order valence-corrected chi connectivity index (χ0v) is 22.6. The Morgan fingerprint density at radius 2 is 1.62 bits per heavy atom. The number of fused-ring (bicyclic) bond motifs is 1. The summed E-state index contributed by atoms with van der Waals surface area (Å²) in [4.78, 5) is 17.2. The molecule has 1 atom stereocenters. The van der Waals surface area contributed by atoms with Crippen molar-refractivity contribution in [3.8, 4) is 0 Å². The number of carbonyl (C=O) groups excluding carboxylic acids is 1. The van der Waals surface area contributed by atoms with Crippen molar-refractivity contribution in [2.45, 2.75) is 56.7 Å². The first-order chi connectivity index (χ1) is 19.7. The van der Waals surface area contributed by atoms with E-state index in [1.54, 1.807) is 4.68 Å². The third-order valence-electron chi connectivity index (χ3n) is 8.09. The molecule has 8 heteroatoms. The van der Waals surface area contributed by atoms with Crippen LogP contribution < -0.4 is 10.6 Å². The number of para-hydroxylation sites is 1. The summed E-state index contributed by atoms with van der Waals surface area (Å²) in [7, 11) is 0. The molecule has 0 bridgehead atoms. The Bertz CT molecular complexity index is 1540. The lowest BCUT2D eigenvalue weighted by Crippen LogP contribution is -2.44. The van der Waals surface area contributed by atoms with Gasteiger partial charge >= 0.3 is 0 Å². The Hall–Kier alpha value is -4.30. The molecule has 1 aliphatic carbocycles. The van der Waals surface area contributed by atoms with Gasteiger partial charge < -0.3 is 15.6 Å². The highest BCUT2D eigenvalue weighted by Crippen LogP contribution is 2.39. The van der Waals surface area contributed by atoms with E-state index < -0.39 is 6.04 Å². The Labute approximate surface area is 234 Å². The molecule has 0 saturated heterocycles. The van der Waals surface area contributed by atoms with Gasteiger partial charge in [-0.25, -0.2) is 4.68 Å². The first kappa shape index (κ1) is 26.0. The number of H-pyrrole nitrogens is 1. The van der Waals surface area contributed by atoms with Crippen LogP contribution >= 0.6 is 0 Å². The Kier molecular flexibility index (Phi) is 7.68. The quantitative estimate of drug-likeness (QED) is 0.225. The van der Waals surface area contributed by atoms with Crippen molar-refractivity contribution in [1.82, 2.24) is 35.8 Å². The van der Waals surface area contributed by atoms with Crippen LogP contribution in [0.25, 0.3) is 10.9 Å². The van der Waals surface area contributed by atoms with E-state index in [0.29, 0.717) is 19.5 Å². The summed E-state index contributed by atoms with van der Waals surface area (Å²) >= 11 is 0. The van der Waals surface area contributed by atoms with Crippen LogP contribution in [0, 0.1) is 0 Å². The molecular weight excluding hydrogens is 498 g/mol. The number of hydrogen-bond donors (Lipinski definition) is 3. The molecule has 3 N–H and O–H groups in total. The summed E-state index contributed by atoms with van der Waals surface area (Å²) in [5, 5.41) is 21.2. The third kappa shape index (κ3) is 5.53. The SMILES string of the molecule is O=C(NCCc1ccccc1)[C@H](Cc1c[nH]c2ccccc12)n1nnnc1C1(NCc2ccccc2)CCCC1. The molecule has 0 radical (unpaired) electrons. The van der Waals surface area contributed by atoms with Gasteiger partial charge in [-0.05, 0) is 52.4 Å². The van der Waals surface area contributed by atoms with E-state index in [1.807, 2.05) is 42.6 Å². The number of carbonyl (C=O) groups is 1. The molecule has 8 nitrogen and oxygen atoms in total. The standard InChI is InChI=1S/C32H35N7O/c40-30(33-20-17-24-11-3-1-4-12-24)29(21-26-23-34-28-16-8-7-15-27(26)28)39-31(36-37-38-39)32(18-9-10-19-32)35-22-25-13-5-2-6-14-25/h1-8,11-16,23,29,34-35H,9-10,17-22H2,(H,33,40)/t29-/m0/s1. The van der Waals surface area contributed by atoms with E-state index in [2.05, 4.69) is 79.7 Å². The fourth-order valence-corrected chi connectivity index (χ4v) is 5.94. The first-order valence-electron chi connectivity index (χ1n) is 14.2. The summed E-state index contributed by atoms with van der Waals surface area (Å²) in [6.45, 7) is 1.26. The summed E-state index contributed by atoms with van der Waals surface area (Å²) in [5.41, 5.74) is 4.13. The average molecular weight is 534 g/mol. The minimum Gasteiger partial charge on any atom is -0.361 e. The maximum absolute atomic E-state index is 13.9. The fraction of sp³-hybridized carbons (Fsp3) is 0.312. The molecule has 2 heterocycles. The van der Waals surface area contributed by atoms with Crippen LogP contribution in [0.15, 0.2) is 91.1 Å². The van der Waals surface area contributed by atoms with E-state index >= 15 is 0 Å². The molecule has 0 spiro atoms. The highest BCUT2D eigenvalue weighted by atomic mass is 16.2. The number of aromatic amines is 1. The normalized spacial score (nSPS) is 15.3. The summed E-state index contributed by atoms with van der Waals surface area (Å²) in [6.07, 6.45) is 7.27. The molecule has 1 amide bonds. The third-order valence-corrected chi connectivity index (χ3v) is 8.09. The zero-order valence-electron chi connectivity index (χ0n) is 22.6. The molecule has 1 saturated carbocycles. The van der Waals surface area contributed by atoms with E-state index in [-0.39, 0.29) is 11.4 Å². The van der Waals surface area contributed by atoms with Gasteiger partial charge in [0.2, 0.25) is 5.91 Å². The topological polar surface area (TPSA) is 101 Å². The Morgan fingerprint density at radius 1 is 0.925 bits per heavy atom. The second-order valence-electron chi connectivity index (χ2n) is 10.7. The smallest absolute Gasteiger partial charge is 0.245 e. The molecule has 2 aromatic heterocycles. The van der Waals surface area contributed by atoms with Crippen molar-refractivity contribution in [2.75, 3.05) is 6.54 Å².